The summed E-state index contributed by atoms with van der Waals surface area (Å²) in [4.78, 5) is 4.99. The average Bonchev–Trinajstić information content (AvgIpc) is 4.24. The zero-order valence-corrected chi connectivity index (χ0v) is 40.0. The van der Waals surface area contributed by atoms with Gasteiger partial charge in [0.2, 0.25) is 0 Å². The van der Waals surface area contributed by atoms with Gasteiger partial charge in [-0.1, -0.05) is 191 Å². The predicted octanol–water partition coefficient (Wildman–Crippen LogP) is 16.6. The van der Waals surface area contributed by atoms with Crippen molar-refractivity contribution in [2.24, 2.45) is 5.41 Å². The summed E-state index contributed by atoms with van der Waals surface area (Å²) in [7, 11) is 0. The van der Waals surface area contributed by atoms with Crippen molar-refractivity contribution in [2.45, 2.75) is 33.6 Å². The molecule has 0 bridgehead atoms. The Morgan fingerprint density at radius 3 is 1.88 bits per heavy atom. The number of hydrogen-bond acceptors (Lipinski definition) is 2. The fourth-order valence-electron chi connectivity index (χ4n) is 10.2. The molecule has 6 heteroatoms. The highest BCUT2D eigenvalue weighted by molar-refractivity contribution is 6.16. The Morgan fingerprint density at radius 2 is 1.18 bits per heavy atom. The first-order valence-corrected chi connectivity index (χ1v) is 24.1. The molecule has 0 amide bonds. The number of rotatable bonds is 9. The van der Waals surface area contributed by atoms with Crippen LogP contribution in [-0.2, 0) is 0 Å². The quantitative estimate of drug-likeness (QED) is 0.107. The molecule has 9 aromatic carbocycles. The van der Waals surface area contributed by atoms with E-state index in [1.807, 2.05) is 120 Å². The molecule has 13 rings (SSSR count). The van der Waals surface area contributed by atoms with Gasteiger partial charge >= 0.3 is 0 Å². The summed E-state index contributed by atoms with van der Waals surface area (Å²) in [6.45, 7) is 8.83. The lowest BCUT2D eigenvalue weighted by Crippen LogP contribution is -2.31. The lowest BCUT2D eigenvalue weighted by atomic mass is 9.78. The molecule has 0 aliphatic carbocycles. The van der Waals surface area contributed by atoms with Gasteiger partial charge in [-0.3, -0.25) is 13.7 Å². The molecular formula is C66H51N5O. The minimum Gasteiger partial charge on any atom is -0.458 e. The van der Waals surface area contributed by atoms with E-state index < -0.39 is 48.3 Å². The van der Waals surface area contributed by atoms with Crippen molar-refractivity contribution in [2.75, 3.05) is 0 Å². The summed E-state index contributed by atoms with van der Waals surface area (Å²) in [5, 5.41) is 1.37. The Kier molecular flexibility index (Phi) is 8.37. The third kappa shape index (κ3) is 7.17. The summed E-state index contributed by atoms with van der Waals surface area (Å²) < 4.78 is 87.9. The lowest BCUT2D eigenvalue weighted by molar-refractivity contribution is -0.571. The van der Waals surface area contributed by atoms with E-state index in [2.05, 4.69) is 104 Å². The molecule has 6 nitrogen and oxygen atoms in total. The van der Waals surface area contributed by atoms with Gasteiger partial charge in [-0.25, -0.2) is 4.98 Å². The first kappa shape index (κ1) is 35.2. The maximum atomic E-state index is 9.50. The van der Waals surface area contributed by atoms with Gasteiger partial charge in [-0.15, -0.1) is 0 Å². The SMILES string of the molecule is [2H]c1c([2H])c([2H])c2c(c1[2H])c1c([2H])c([2H])c([2H])c([2H])c1n2-c1cc(Oc2cccc(-n3[c-][n+](-c4c(-c5ccccc5)cccc4-c4ccccc4)c4ccccc43)c2)cc2c1c1ccccc1n2-c1cc(C(C)C(C)(C)C)ccn1. The molecule has 0 saturated heterocycles. The van der Waals surface area contributed by atoms with Crippen molar-refractivity contribution in [3.05, 3.63) is 242 Å². The van der Waals surface area contributed by atoms with Crippen molar-refractivity contribution < 1.29 is 20.3 Å². The van der Waals surface area contributed by atoms with Crippen LogP contribution in [0.25, 0.3) is 99.8 Å². The van der Waals surface area contributed by atoms with Crippen molar-refractivity contribution in [1.82, 2.24) is 18.7 Å². The van der Waals surface area contributed by atoms with Crippen molar-refractivity contribution >= 4 is 54.6 Å². The third-order valence-corrected chi connectivity index (χ3v) is 14.1. The minimum absolute atomic E-state index is 0.00184. The molecule has 0 N–H and O–H groups in total. The van der Waals surface area contributed by atoms with E-state index in [0.717, 1.165) is 61.1 Å². The molecule has 1 unspecified atom stereocenters. The van der Waals surface area contributed by atoms with Gasteiger partial charge in [0, 0.05) is 39.9 Å². The molecule has 0 spiro atoms. The number of para-hydroxylation sites is 6. The first-order chi connectivity index (χ1) is 38.6. The molecule has 0 radical (unpaired) electrons. The summed E-state index contributed by atoms with van der Waals surface area (Å²) >= 11 is 0. The molecule has 0 saturated carbocycles. The van der Waals surface area contributed by atoms with Gasteiger partial charge in [0.05, 0.1) is 61.1 Å². The molecule has 0 aliphatic heterocycles. The summed E-state index contributed by atoms with van der Waals surface area (Å²) in [6.07, 6.45) is 5.57. The predicted molar refractivity (Wildman–Crippen MR) is 295 cm³/mol. The van der Waals surface area contributed by atoms with E-state index in [4.69, 9.17) is 15.2 Å². The standard InChI is InChI=1S/C66H51N5O/c1-44(66(2,3)4)47-37-38-67-63(39-47)71-58-34-16-13-29-55(58)64-61(70-56-32-14-11-27-53(56)54-28-12-15-33-57(54)70)41-50(42-62(64)71)72-49-26-19-25-48(40-49)68-43-69(60-36-18-17-35-59(60)68)65-51(45-21-7-5-8-22-45)30-20-31-52(65)46-23-9-6-10-24-46/h5-42,44H,1-4H3/i11D,12D,14D,15D,27D,28D,32D,33D. The fourth-order valence-corrected chi connectivity index (χ4v) is 10.2. The van der Waals surface area contributed by atoms with Gasteiger partial charge < -0.3 is 9.30 Å². The lowest BCUT2D eigenvalue weighted by Gasteiger charge is -2.27. The smallest absolute Gasteiger partial charge is 0.269 e. The number of benzene rings is 9. The van der Waals surface area contributed by atoms with E-state index in [1.165, 1.54) is 0 Å². The summed E-state index contributed by atoms with van der Waals surface area (Å²) in [5.41, 5.74) is 10.6. The highest BCUT2D eigenvalue weighted by Crippen LogP contribution is 2.44. The first-order valence-electron chi connectivity index (χ1n) is 28.1. The van der Waals surface area contributed by atoms with Crippen molar-refractivity contribution in [3.8, 4) is 56.6 Å². The van der Waals surface area contributed by atoms with Crippen LogP contribution in [0.3, 0.4) is 0 Å². The second kappa shape index (κ2) is 17.1. The van der Waals surface area contributed by atoms with E-state index in [0.29, 0.717) is 33.9 Å². The van der Waals surface area contributed by atoms with E-state index in [1.54, 1.807) is 10.6 Å². The zero-order valence-electron chi connectivity index (χ0n) is 48.0. The molecule has 346 valence electrons. The topological polar surface area (TPSA) is 40.8 Å². The molecule has 13 aromatic rings. The van der Waals surface area contributed by atoms with Crippen LogP contribution in [0, 0.1) is 11.7 Å². The number of fused-ring (bicyclic) bond motifs is 7. The number of imidazole rings is 1. The number of pyridine rings is 1. The Balaban J connectivity index is 1.06. The van der Waals surface area contributed by atoms with Gasteiger partial charge in [-0.05, 0) is 87.6 Å². The summed E-state index contributed by atoms with van der Waals surface area (Å²) in [5.74, 6) is 1.59. The fraction of sp³-hybridized carbons (Fsp3) is 0.0909. The van der Waals surface area contributed by atoms with Crippen LogP contribution >= 0.6 is 0 Å². The second-order valence-electron chi connectivity index (χ2n) is 19.3. The van der Waals surface area contributed by atoms with Crippen LogP contribution in [-0.4, -0.2) is 18.7 Å². The molecule has 72 heavy (non-hydrogen) atoms. The number of hydrogen-bond donors (Lipinski definition) is 0. The van der Waals surface area contributed by atoms with Crippen LogP contribution < -0.4 is 9.30 Å². The third-order valence-electron chi connectivity index (χ3n) is 14.1. The maximum Gasteiger partial charge on any atom is 0.269 e. The van der Waals surface area contributed by atoms with Gasteiger partial charge in [0.1, 0.15) is 17.3 Å². The van der Waals surface area contributed by atoms with Crippen LogP contribution in [0.2, 0.25) is 0 Å². The Morgan fingerprint density at radius 1 is 0.556 bits per heavy atom. The number of nitrogens with zero attached hydrogens (tertiary/aromatic N) is 5. The Hall–Kier alpha value is -9.00. The van der Waals surface area contributed by atoms with Crippen molar-refractivity contribution in [3.63, 3.8) is 0 Å². The van der Waals surface area contributed by atoms with Crippen LogP contribution in [0.15, 0.2) is 230 Å². The number of ether oxygens (including phenoxy) is 1. The van der Waals surface area contributed by atoms with E-state index in [9.17, 15) is 5.48 Å². The largest absolute Gasteiger partial charge is 0.458 e. The molecule has 4 heterocycles. The van der Waals surface area contributed by atoms with Crippen LogP contribution in [0.4, 0.5) is 0 Å². The molecule has 0 fully saturated rings. The van der Waals surface area contributed by atoms with Crippen LogP contribution in [0.5, 0.6) is 11.5 Å². The minimum atomic E-state index is -0.515. The highest BCUT2D eigenvalue weighted by Gasteiger charge is 2.26. The maximum absolute atomic E-state index is 9.50. The Bertz CT molecular complexity index is 4540. The second-order valence-corrected chi connectivity index (χ2v) is 19.3. The monoisotopic (exact) mass is 937 g/mol. The van der Waals surface area contributed by atoms with Gasteiger partial charge in [0.25, 0.3) is 6.33 Å². The van der Waals surface area contributed by atoms with Crippen molar-refractivity contribution in [1.29, 1.82) is 0 Å². The van der Waals surface area contributed by atoms with Crippen LogP contribution in [0.1, 0.15) is 50.1 Å². The Labute approximate surface area is 430 Å². The molecule has 0 aliphatic rings. The molecule has 4 aromatic heterocycles. The normalized spacial score (nSPS) is 13.9. The average molecular weight is 938 g/mol. The molecular weight excluding hydrogens is 879 g/mol. The summed E-state index contributed by atoms with van der Waals surface area (Å²) in [6, 6.07) is 55.1. The number of aromatic nitrogens is 5. The van der Waals surface area contributed by atoms with Gasteiger partial charge in [0.15, 0.2) is 0 Å². The van der Waals surface area contributed by atoms with E-state index >= 15 is 0 Å². The van der Waals surface area contributed by atoms with E-state index in [-0.39, 0.29) is 33.1 Å². The zero-order chi connectivity index (χ0) is 55.5. The molecule has 1 atom stereocenters. The van der Waals surface area contributed by atoms with Gasteiger partial charge in [-0.2, -0.15) is 0 Å². The highest BCUT2D eigenvalue weighted by atomic mass is 16.5.